The first-order chi connectivity index (χ1) is 25.3. The van der Waals surface area contributed by atoms with E-state index in [9.17, 15) is 19.2 Å². The quantitative estimate of drug-likeness (QED) is 0.0634. The lowest BCUT2D eigenvalue weighted by atomic mass is 9.72. The highest BCUT2D eigenvalue weighted by molar-refractivity contribution is 5.81. The number of fused-ring (bicyclic) bond motifs is 5. The molecule has 6 unspecified atom stereocenters. The van der Waals surface area contributed by atoms with Gasteiger partial charge in [0.2, 0.25) is 0 Å². The minimum atomic E-state index is -0.504. The highest BCUT2D eigenvalue weighted by Crippen LogP contribution is 2.62. The molecular formula is C44H68O8. The van der Waals surface area contributed by atoms with Gasteiger partial charge in [0.05, 0.1) is 13.2 Å². The number of hydrogen-bond donors (Lipinski definition) is 0. The average Bonchev–Trinajstić information content (AvgIpc) is 3.86. The molecule has 6 saturated carbocycles. The Labute approximate surface area is 313 Å². The molecule has 6 fully saturated rings. The van der Waals surface area contributed by atoms with Gasteiger partial charge in [0.1, 0.15) is 13.2 Å². The van der Waals surface area contributed by atoms with Crippen LogP contribution in [0.4, 0.5) is 0 Å². The summed E-state index contributed by atoms with van der Waals surface area (Å²) in [6, 6.07) is 0. The topological polar surface area (TPSA) is 105 Å². The molecule has 8 nitrogen and oxygen atoms in total. The normalized spacial score (nSPS) is 36.8. The number of carbonyl (C=O) groups is 4. The highest BCUT2D eigenvalue weighted by atomic mass is 16.6. The van der Waals surface area contributed by atoms with Crippen LogP contribution in [-0.2, 0) is 38.1 Å². The SMILES string of the molecule is C=CC(=O)OCCOC(=O)CC1CCC(CC2CCC(CC(=O)OCC3CC4CC3C3CC(COC(=O)CC5CCC(CC)CC5)CC43)CC2)CC1. The summed E-state index contributed by atoms with van der Waals surface area (Å²) in [4.78, 5) is 48.9. The van der Waals surface area contributed by atoms with Gasteiger partial charge in [-0.3, -0.25) is 14.4 Å². The van der Waals surface area contributed by atoms with E-state index in [2.05, 4.69) is 13.5 Å². The molecule has 0 aliphatic heterocycles. The summed E-state index contributed by atoms with van der Waals surface area (Å²) >= 11 is 0. The maximum atomic E-state index is 13.0. The van der Waals surface area contributed by atoms with Crippen LogP contribution in [-0.4, -0.2) is 50.3 Å². The molecule has 0 aromatic rings. The average molecular weight is 725 g/mol. The molecular weight excluding hydrogens is 656 g/mol. The third-order valence-corrected chi connectivity index (χ3v) is 14.9. The summed E-state index contributed by atoms with van der Waals surface area (Å²) in [5.41, 5.74) is 0. The van der Waals surface area contributed by atoms with E-state index in [-0.39, 0.29) is 31.1 Å². The van der Waals surface area contributed by atoms with Crippen molar-refractivity contribution in [3.63, 3.8) is 0 Å². The first kappa shape index (κ1) is 39.3. The molecule has 6 atom stereocenters. The van der Waals surface area contributed by atoms with Crippen molar-refractivity contribution < 1.29 is 38.1 Å². The molecule has 0 N–H and O–H groups in total. The first-order valence-electron chi connectivity index (χ1n) is 21.5. The number of carbonyl (C=O) groups excluding carboxylic acids is 4. The van der Waals surface area contributed by atoms with E-state index < -0.39 is 5.97 Å². The summed E-state index contributed by atoms with van der Waals surface area (Å²) in [5, 5.41) is 0. The smallest absolute Gasteiger partial charge is 0.330 e. The summed E-state index contributed by atoms with van der Waals surface area (Å²) in [5.74, 6) is 7.03. The standard InChI is InChI=1S/C44H68O8/c1-3-29-5-7-32(8-6-29)23-43(47)51-27-35-20-38-36-25-37(39(26-36)40(38)21-35)28-52-44(48)24-34-15-11-31(12-16-34)19-30-9-13-33(14-10-30)22-42(46)50-18-17-49-41(45)4-2/h4,29-40H,2-3,5-28H2,1H3. The summed E-state index contributed by atoms with van der Waals surface area (Å²) in [7, 11) is 0. The molecule has 2 bridgehead atoms. The van der Waals surface area contributed by atoms with Crippen LogP contribution in [0.15, 0.2) is 12.7 Å². The second kappa shape index (κ2) is 19.3. The van der Waals surface area contributed by atoms with E-state index in [0.29, 0.717) is 68.0 Å². The van der Waals surface area contributed by atoms with Gasteiger partial charge in [-0.05, 0) is 142 Å². The molecule has 292 valence electrons. The Kier molecular flexibility index (Phi) is 14.6. The second-order valence-corrected chi connectivity index (χ2v) is 18.2. The molecule has 6 rings (SSSR count). The Morgan fingerprint density at radius 3 is 1.56 bits per heavy atom. The number of esters is 4. The van der Waals surface area contributed by atoms with Crippen molar-refractivity contribution in [3.8, 4) is 0 Å². The van der Waals surface area contributed by atoms with Gasteiger partial charge in [-0.1, -0.05) is 58.4 Å². The summed E-state index contributed by atoms with van der Waals surface area (Å²) in [6.45, 7) is 7.00. The molecule has 52 heavy (non-hydrogen) atoms. The first-order valence-corrected chi connectivity index (χ1v) is 21.5. The van der Waals surface area contributed by atoms with Crippen molar-refractivity contribution in [2.45, 2.75) is 142 Å². The largest absolute Gasteiger partial charge is 0.465 e. The molecule has 0 amide bonds. The van der Waals surface area contributed by atoms with E-state index in [1.54, 1.807) is 0 Å². The van der Waals surface area contributed by atoms with Crippen LogP contribution in [0.25, 0.3) is 0 Å². The van der Waals surface area contributed by atoms with Crippen LogP contribution in [0.3, 0.4) is 0 Å². The van der Waals surface area contributed by atoms with E-state index >= 15 is 0 Å². The van der Waals surface area contributed by atoms with Gasteiger partial charge in [0.15, 0.2) is 0 Å². The van der Waals surface area contributed by atoms with Gasteiger partial charge < -0.3 is 18.9 Å². The Hall–Kier alpha value is -2.38. The van der Waals surface area contributed by atoms with Gasteiger partial charge in [-0.25, -0.2) is 4.79 Å². The van der Waals surface area contributed by atoms with Crippen molar-refractivity contribution in [2.24, 2.45) is 71.0 Å². The van der Waals surface area contributed by atoms with Crippen LogP contribution in [0.5, 0.6) is 0 Å². The number of rotatable bonds is 17. The predicted octanol–water partition coefficient (Wildman–Crippen LogP) is 9.03. The lowest BCUT2D eigenvalue weighted by Crippen LogP contribution is -2.28. The zero-order chi connectivity index (χ0) is 36.5. The lowest BCUT2D eigenvalue weighted by Gasteiger charge is -2.34. The third kappa shape index (κ3) is 11.1. The van der Waals surface area contributed by atoms with Crippen LogP contribution < -0.4 is 0 Å². The summed E-state index contributed by atoms with van der Waals surface area (Å²) < 4.78 is 21.9. The molecule has 6 aliphatic carbocycles. The maximum Gasteiger partial charge on any atom is 0.330 e. The van der Waals surface area contributed by atoms with Gasteiger partial charge in [-0.15, -0.1) is 0 Å². The van der Waals surface area contributed by atoms with E-state index in [0.717, 1.165) is 67.3 Å². The van der Waals surface area contributed by atoms with E-state index in [1.165, 1.54) is 89.9 Å². The van der Waals surface area contributed by atoms with Crippen LogP contribution in [0.2, 0.25) is 0 Å². The van der Waals surface area contributed by atoms with Crippen molar-refractivity contribution in [2.75, 3.05) is 26.4 Å². The predicted molar refractivity (Wildman–Crippen MR) is 199 cm³/mol. The fourth-order valence-electron chi connectivity index (χ4n) is 12.0. The Balaban J connectivity index is 0.797. The Morgan fingerprint density at radius 2 is 1.00 bits per heavy atom. The maximum absolute atomic E-state index is 13.0. The zero-order valence-corrected chi connectivity index (χ0v) is 32.2. The monoisotopic (exact) mass is 724 g/mol. The molecule has 0 heterocycles. The minimum Gasteiger partial charge on any atom is -0.465 e. The number of hydrogen-bond acceptors (Lipinski definition) is 8. The van der Waals surface area contributed by atoms with Gasteiger partial charge in [-0.2, -0.15) is 0 Å². The van der Waals surface area contributed by atoms with Crippen LogP contribution in [0, 0.1) is 71.0 Å². The molecule has 8 heteroatoms. The fourth-order valence-corrected chi connectivity index (χ4v) is 12.0. The van der Waals surface area contributed by atoms with Crippen molar-refractivity contribution in [1.29, 1.82) is 0 Å². The second-order valence-electron chi connectivity index (χ2n) is 18.2. The molecule has 6 aliphatic rings. The molecule has 0 radical (unpaired) electrons. The van der Waals surface area contributed by atoms with Gasteiger partial charge in [0, 0.05) is 25.3 Å². The Bertz CT molecular complexity index is 1190. The Morgan fingerprint density at radius 1 is 0.519 bits per heavy atom. The molecule has 0 spiro atoms. The van der Waals surface area contributed by atoms with Crippen LogP contribution >= 0.6 is 0 Å². The molecule has 0 aromatic heterocycles. The van der Waals surface area contributed by atoms with Gasteiger partial charge >= 0.3 is 23.9 Å². The van der Waals surface area contributed by atoms with Crippen molar-refractivity contribution in [1.82, 2.24) is 0 Å². The van der Waals surface area contributed by atoms with Crippen molar-refractivity contribution in [3.05, 3.63) is 12.7 Å². The highest BCUT2D eigenvalue weighted by Gasteiger charge is 2.56. The number of ether oxygens (including phenoxy) is 4. The molecule has 0 aromatic carbocycles. The summed E-state index contributed by atoms with van der Waals surface area (Å²) in [6.07, 6.45) is 24.3. The minimum absolute atomic E-state index is 0.0109. The van der Waals surface area contributed by atoms with E-state index in [4.69, 9.17) is 18.9 Å². The van der Waals surface area contributed by atoms with Gasteiger partial charge in [0.25, 0.3) is 0 Å². The molecule has 0 saturated heterocycles. The lowest BCUT2D eigenvalue weighted by molar-refractivity contribution is -0.150. The van der Waals surface area contributed by atoms with Crippen molar-refractivity contribution >= 4 is 23.9 Å². The van der Waals surface area contributed by atoms with Crippen LogP contribution in [0.1, 0.15) is 142 Å². The fraction of sp³-hybridized carbons (Fsp3) is 0.864. The van der Waals surface area contributed by atoms with E-state index in [1.807, 2.05) is 0 Å². The zero-order valence-electron chi connectivity index (χ0n) is 32.2. The third-order valence-electron chi connectivity index (χ3n) is 14.9.